The third-order valence-corrected chi connectivity index (χ3v) is 5.39. The summed E-state index contributed by atoms with van der Waals surface area (Å²) in [5, 5.41) is 4.40. The Kier molecular flexibility index (Phi) is 5.67. The average Bonchev–Trinajstić information content (AvgIpc) is 3.00. The van der Waals surface area contributed by atoms with Gasteiger partial charge in [0.25, 0.3) is 0 Å². The number of thiophene rings is 1. The number of carbonyl (C=O) groups is 1. The zero-order valence-electron chi connectivity index (χ0n) is 15.3. The zero-order chi connectivity index (χ0) is 19.6. The molecule has 0 spiro atoms. The maximum Gasteiger partial charge on any atom is 0.348 e. The van der Waals surface area contributed by atoms with Crippen LogP contribution in [0.15, 0.2) is 18.5 Å². The lowest BCUT2D eigenvalue weighted by atomic mass is 10.2. The van der Waals surface area contributed by atoms with Crippen molar-refractivity contribution in [3.8, 4) is 11.5 Å². The molecule has 2 heterocycles. The van der Waals surface area contributed by atoms with Gasteiger partial charge in [0.15, 0.2) is 0 Å². The number of nitrogens with zero attached hydrogens (tertiary/aromatic N) is 2. The highest BCUT2D eigenvalue weighted by atomic mass is 35.5. The number of ether oxygens (including phenoxy) is 3. The van der Waals surface area contributed by atoms with Crippen LogP contribution in [-0.2, 0) is 4.74 Å². The molecule has 1 N–H and O–H groups in total. The normalized spacial score (nSPS) is 10.7. The molecule has 0 bridgehead atoms. The molecular weight excluding hydrogens is 390 g/mol. The second kappa shape index (κ2) is 7.98. The minimum atomic E-state index is -0.367. The van der Waals surface area contributed by atoms with Crippen molar-refractivity contribution in [2.45, 2.75) is 13.8 Å². The fourth-order valence-electron chi connectivity index (χ4n) is 2.64. The summed E-state index contributed by atoms with van der Waals surface area (Å²) in [6.07, 6.45) is 1.44. The van der Waals surface area contributed by atoms with Gasteiger partial charge in [-0.25, -0.2) is 14.8 Å². The molecule has 0 fully saturated rings. The van der Waals surface area contributed by atoms with E-state index in [4.69, 9.17) is 25.8 Å². The van der Waals surface area contributed by atoms with Gasteiger partial charge in [0, 0.05) is 6.07 Å². The molecule has 0 saturated heterocycles. The van der Waals surface area contributed by atoms with Gasteiger partial charge in [-0.05, 0) is 25.5 Å². The van der Waals surface area contributed by atoms with Gasteiger partial charge in [-0.15, -0.1) is 11.3 Å². The molecule has 27 heavy (non-hydrogen) atoms. The Morgan fingerprint density at radius 2 is 1.96 bits per heavy atom. The van der Waals surface area contributed by atoms with Crippen LogP contribution >= 0.6 is 22.9 Å². The van der Waals surface area contributed by atoms with Crippen LogP contribution in [0.2, 0.25) is 5.02 Å². The predicted octanol–water partition coefficient (Wildman–Crippen LogP) is 4.59. The van der Waals surface area contributed by atoms with Gasteiger partial charge < -0.3 is 19.5 Å². The van der Waals surface area contributed by atoms with E-state index in [0.717, 1.165) is 10.9 Å². The highest BCUT2D eigenvalue weighted by Gasteiger charge is 2.21. The van der Waals surface area contributed by atoms with Crippen LogP contribution in [0.25, 0.3) is 10.2 Å². The summed E-state index contributed by atoms with van der Waals surface area (Å²) in [7, 11) is 3.09. The molecule has 0 aliphatic rings. The molecule has 0 amide bonds. The van der Waals surface area contributed by atoms with E-state index in [-0.39, 0.29) is 5.97 Å². The molecule has 0 aliphatic carbocycles. The van der Waals surface area contributed by atoms with Crippen molar-refractivity contribution in [1.29, 1.82) is 0 Å². The second-order valence-corrected chi connectivity index (χ2v) is 6.90. The quantitative estimate of drug-likeness (QED) is 0.598. The van der Waals surface area contributed by atoms with E-state index in [0.29, 0.717) is 44.3 Å². The fraction of sp³-hybridized carbons (Fsp3) is 0.278. The van der Waals surface area contributed by atoms with Crippen LogP contribution in [0.3, 0.4) is 0 Å². The smallest absolute Gasteiger partial charge is 0.348 e. The van der Waals surface area contributed by atoms with E-state index in [2.05, 4.69) is 15.3 Å². The number of nitrogens with one attached hydrogen (secondary N) is 1. The molecular formula is C18H18ClN3O4S. The molecule has 2 aromatic heterocycles. The lowest BCUT2D eigenvalue weighted by Gasteiger charge is -2.14. The van der Waals surface area contributed by atoms with Gasteiger partial charge >= 0.3 is 5.97 Å². The van der Waals surface area contributed by atoms with Gasteiger partial charge in [-0.2, -0.15) is 0 Å². The third kappa shape index (κ3) is 3.63. The van der Waals surface area contributed by atoms with Crippen molar-refractivity contribution in [2.75, 3.05) is 26.1 Å². The largest absolute Gasteiger partial charge is 0.495 e. The number of aryl methyl sites for hydroxylation is 1. The number of anilines is 2. The number of aromatic nitrogens is 2. The topological polar surface area (TPSA) is 82.6 Å². The van der Waals surface area contributed by atoms with Crippen molar-refractivity contribution in [2.24, 2.45) is 0 Å². The van der Waals surface area contributed by atoms with E-state index >= 15 is 0 Å². The summed E-state index contributed by atoms with van der Waals surface area (Å²) >= 11 is 7.52. The van der Waals surface area contributed by atoms with Crippen LogP contribution in [0, 0.1) is 6.92 Å². The predicted molar refractivity (Wildman–Crippen MR) is 106 cm³/mol. The number of carbonyl (C=O) groups excluding carboxylic acids is 1. The summed E-state index contributed by atoms with van der Waals surface area (Å²) in [5.74, 6) is 1.22. The van der Waals surface area contributed by atoms with Crippen molar-refractivity contribution in [3.63, 3.8) is 0 Å². The second-order valence-electron chi connectivity index (χ2n) is 5.49. The van der Waals surface area contributed by atoms with Crippen molar-refractivity contribution in [3.05, 3.63) is 33.9 Å². The molecule has 0 saturated carbocycles. The Hall–Kier alpha value is -2.58. The zero-order valence-corrected chi connectivity index (χ0v) is 16.8. The fourth-order valence-corrected chi connectivity index (χ4v) is 3.93. The number of rotatable bonds is 6. The van der Waals surface area contributed by atoms with Crippen LogP contribution in [0.1, 0.15) is 22.2 Å². The lowest BCUT2D eigenvalue weighted by Crippen LogP contribution is -2.04. The number of benzene rings is 1. The van der Waals surface area contributed by atoms with Crippen molar-refractivity contribution >= 4 is 50.6 Å². The molecule has 7 nitrogen and oxygen atoms in total. The van der Waals surface area contributed by atoms with Crippen LogP contribution in [0.5, 0.6) is 11.5 Å². The highest BCUT2D eigenvalue weighted by molar-refractivity contribution is 7.20. The summed E-state index contributed by atoms with van der Waals surface area (Å²) in [4.78, 5) is 22.0. The summed E-state index contributed by atoms with van der Waals surface area (Å²) in [6, 6.07) is 3.38. The number of fused-ring (bicyclic) bond motifs is 1. The van der Waals surface area contributed by atoms with Gasteiger partial charge in [0.2, 0.25) is 0 Å². The summed E-state index contributed by atoms with van der Waals surface area (Å²) in [6.45, 7) is 3.93. The van der Waals surface area contributed by atoms with Crippen molar-refractivity contribution in [1.82, 2.24) is 9.97 Å². The molecule has 3 rings (SSSR count). The summed E-state index contributed by atoms with van der Waals surface area (Å²) in [5.41, 5.74) is 1.38. The summed E-state index contributed by atoms with van der Waals surface area (Å²) < 4.78 is 15.8. The third-order valence-electron chi connectivity index (χ3n) is 3.91. The molecule has 0 radical (unpaired) electrons. The Labute approximate surface area is 165 Å². The van der Waals surface area contributed by atoms with Gasteiger partial charge in [-0.3, -0.25) is 0 Å². The Morgan fingerprint density at radius 3 is 2.63 bits per heavy atom. The van der Waals surface area contributed by atoms with Gasteiger partial charge in [-0.1, -0.05) is 11.6 Å². The van der Waals surface area contributed by atoms with E-state index in [1.807, 2.05) is 6.92 Å². The van der Waals surface area contributed by atoms with Gasteiger partial charge in [0.05, 0.1) is 36.9 Å². The first-order valence-electron chi connectivity index (χ1n) is 8.09. The first kappa shape index (κ1) is 19.2. The Bertz CT molecular complexity index is 1010. The molecule has 0 unspecified atom stereocenters. The number of hydrogen-bond donors (Lipinski definition) is 1. The highest BCUT2D eigenvalue weighted by Crippen LogP contribution is 2.40. The molecule has 1 aromatic carbocycles. The molecule has 0 aliphatic heterocycles. The first-order valence-corrected chi connectivity index (χ1v) is 9.29. The van der Waals surface area contributed by atoms with E-state index < -0.39 is 0 Å². The number of halogens is 1. The Balaban J connectivity index is 2.08. The maximum atomic E-state index is 12.2. The SMILES string of the molecule is CCOC(=O)c1sc2ncnc(Nc3cc(Cl)c(OC)cc3OC)c2c1C. The van der Waals surface area contributed by atoms with E-state index in [9.17, 15) is 4.79 Å². The monoisotopic (exact) mass is 407 g/mol. The van der Waals surface area contributed by atoms with E-state index in [1.54, 1.807) is 26.2 Å². The number of esters is 1. The van der Waals surface area contributed by atoms with Crippen molar-refractivity contribution < 1.29 is 19.0 Å². The number of methoxy groups -OCH3 is 2. The molecule has 9 heteroatoms. The van der Waals surface area contributed by atoms with Crippen LogP contribution in [0.4, 0.5) is 11.5 Å². The molecule has 3 aromatic rings. The lowest BCUT2D eigenvalue weighted by molar-refractivity contribution is 0.0531. The maximum absolute atomic E-state index is 12.2. The number of hydrogen-bond acceptors (Lipinski definition) is 8. The Morgan fingerprint density at radius 1 is 1.22 bits per heavy atom. The standard InChI is InChI=1S/C18H18ClN3O4S/c1-5-26-18(23)15-9(2)14-16(20-8-21-17(14)27-15)22-11-6-10(19)12(24-3)7-13(11)25-4/h6-8H,5H2,1-4H3,(H,20,21,22). The molecule has 142 valence electrons. The molecule has 0 atom stereocenters. The minimum absolute atomic E-state index is 0.310. The van der Waals surface area contributed by atoms with Crippen LogP contribution in [-0.4, -0.2) is 36.8 Å². The minimum Gasteiger partial charge on any atom is -0.495 e. The van der Waals surface area contributed by atoms with Crippen LogP contribution < -0.4 is 14.8 Å². The average molecular weight is 408 g/mol. The first-order chi connectivity index (χ1) is 13.0. The van der Waals surface area contributed by atoms with E-state index in [1.165, 1.54) is 24.8 Å². The van der Waals surface area contributed by atoms with Gasteiger partial charge in [0.1, 0.15) is 33.4 Å².